The van der Waals surface area contributed by atoms with Crippen LogP contribution < -0.4 is 14.9 Å². The van der Waals surface area contributed by atoms with E-state index in [-0.39, 0.29) is 5.50 Å². The van der Waals surface area contributed by atoms with Crippen LogP contribution in [-0.2, 0) is 10.0 Å². The molecule has 1 saturated heterocycles. The predicted octanol–water partition coefficient (Wildman–Crippen LogP) is 2.41. The first-order valence-electron chi connectivity index (χ1n) is 7.85. The van der Waals surface area contributed by atoms with E-state index >= 15 is 0 Å². The highest BCUT2D eigenvalue weighted by Crippen LogP contribution is 2.31. The lowest BCUT2D eigenvalue weighted by atomic mass is 10.2. The van der Waals surface area contributed by atoms with Gasteiger partial charge in [0.25, 0.3) is 0 Å². The van der Waals surface area contributed by atoms with Crippen molar-refractivity contribution in [2.24, 2.45) is 0 Å². The second kappa shape index (κ2) is 7.09. The van der Waals surface area contributed by atoms with Gasteiger partial charge in [-0.3, -0.25) is 4.72 Å². The Balaban J connectivity index is 1.80. The SMILES string of the molecule is Cc1cc(C)nc(NC2SCCN2c2cccc(NS(C)(=O)=O)c2)n1. The summed E-state index contributed by atoms with van der Waals surface area (Å²) < 4.78 is 25.4. The van der Waals surface area contributed by atoms with E-state index in [0.29, 0.717) is 11.6 Å². The Kier molecular flexibility index (Phi) is 5.05. The summed E-state index contributed by atoms with van der Waals surface area (Å²) in [5.74, 6) is 1.57. The average molecular weight is 380 g/mol. The van der Waals surface area contributed by atoms with Gasteiger partial charge in [-0.15, -0.1) is 11.8 Å². The van der Waals surface area contributed by atoms with Crippen LogP contribution in [0.2, 0.25) is 0 Å². The van der Waals surface area contributed by atoms with E-state index in [0.717, 1.165) is 35.6 Å². The molecule has 0 radical (unpaired) electrons. The van der Waals surface area contributed by atoms with Crippen molar-refractivity contribution < 1.29 is 8.42 Å². The Bertz CT molecular complexity index is 852. The third-order valence-corrected chi connectivity index (χ3v) is 5.32. The zero-order valence-corrected chi connectivity index (χ0v) is 16.0. The Morgan fingerprint density at radius 2 is 1.92 bits per heavy atom. The first-order valence-corrected chi connectivity index (χ1v) is 10.8. The number of sulfonamides is 1. The molecule has 0 bridgehead atoms. The molecule has 25 heavy (non-hydrogen) atoms. The highest BCUT2D eigenvalue weighted by Gasteiger charge is 2.26. The van der Waals surface area contributed by atoms with Crippen LogP contribution in [0.25, 0.3) is 0 Å². The van der Waals surface area contributed by atoms with Crippen LogP contribution in [0.3, 0.4) is 0 Å². The van der Waals surface area contributed by atoms with E-state index in [9.17, 15) is 8.42 Å². The summed E-state index contributed by atoms with van der Waals surface area (Å²) >= 11 is 1.77. The number of anilines is 3. The summed E-state index contributed by atoms with van der Waals surface area (Å²) in [6, 6.07) is 9.32. The highest BCUT2D eigenvalue weighted by atomic mass is 32.2. The average Bonchev–Trinajstić information content (AvgIpc) is 2.92. The van der Waals surface area contributed by atoms with Crippen LogP contribution in [0.15, 0.2) is 30.3 Å². The fourth-order valence-corrected chi connectivity index (χ4v) is 4.39. The molecular weight excluding hydrogens is 358 g/mol. The van der Waals surface area contributed by atoms with Crippen molar-refractivity contribution in [2.45, 2.75) is 19.3 Å². The summed E-state index contributed by atoms with van der Waals surface area (Å²) in [6.07, 6.45) is 1.15. The Labute approximate surface area is 152 Å². The summed E-state index contributed by atoms with van der Waals surface area (Å²) in [4.78, 5) is 11.1. The van der Waals surface area contributed by atoms with Crippen molar-refractivity contribution in [3.05, 3.63) is 41.7 Å². The van der Waals surface area contributed by atoms with Gasteiger partial charge in [-0.2, -0.15) is 0 Å². The standard InChI is InChI=1S/C16H21N5O2S2/c1-11-9-12(2)18-15(17-11)19-16-21(7-8-24-16)14-6-4-5-13(10-14)20-25(3,22)23/h4-6,9-10,16,20H,7-8H2,1-3H3,(H,17,18,19). The van der Waals surface area contributed by atoms with E-state index < -0.39 is 10.0 Å². The molecule has 2 aromatic rings. The number of rotatable bonds is 5. The first-order chi connectivity index (χ1) is 11.8. The molecule has 0 amide bonds. The lowest BCUT2D eigenvalue weighted by molar-refractivity contribution is 0.607. The lowest BCUT2D eigenvalue weighted by Crippen LogP contribution is -2.34. The number of thioether (sulfide) groups is 1. The van der Waals surface area contributed by atoms with Gasteiger partial charge >= 0.3 is 0 Å². The van der Waals surface area contributed by atoms with Gasteiger partial charge < -0.3 is 10.2 Å². The fraction of sp³-hybridized carbons (Fsp3) is 0.375. The second-order valence-electron chi connectivity index (χ2n) is 5.96. The van der Waals surface area contributed by atoms with Crippen LogP contribution in [0.4, 0.5) is 17.3 Å². The van der Waals surface area contributed by atoms with E-state index in [2.05, 4.69) is 24.9 Å². The molecule has 0 aliphatic carbocycles. The topological polar surface area (TPSA) is 87.2 Å². The zero-order chi connectivity index (χ0) is 18.0. The van der Waals surface area contributed by atoms with Gasteiger partial charge in [0.1, 0.15) is 0 Å². The molecular formula is C16H21N5O2S2. The molecule has 1 unspecified atom stereocenters. The van der Waals surface area contributed by atoms with Gasteiger partial charge in [0.2, 0.25) is 16.0 Å². The first kappa shape index (κ1) is 17.8. The normalized spacial score (nSPS) is 17.6. The fourth-order valence-electron chi connectivity index (χ4n) is 2.72. The smallest absolute Gasteiger partial charge is 0.229 e. The van der Waals surface area contributed by atoms with Gasteiger partial charge in [-0.05, 0) is 38.1 Å². The van der Waals surface area contributed by atoms with Gasteiger partial charge in [-0.25, -0.2) is 18.4 Å². The number of benzene rings is 1. The number of nitrogens with zero attached hydrogens (tertiary/aromatic N) is 3. The van der Waals surface area contributed by atoms with Crippen LogP contribution in [0.5, 0.6) is 0 Å². The van der Waals surface area contributed by atoms with E-state index in [1.807, 2.05) is 38.1 Å². The van der Waals surface area contributed by atoms with Gasteiger partial charge in [0, 0.05) is 29.4 Å². The molecule has 0 saturated carbocycles. The zero-order valence-electron chi connectivity index (χ0n) is 14.4. The van der Waals surface area contributed by atoms with Crippen molar-refractivity contribution in [1.82, 2.24) is 9.97 Å². The van der Waals surface area contributed by atoms with E-state index in [1.54, 1.807) is 17.8 Å². The van der Waals surface area contributed by atoms with Crippen LogP contribution in [-0.4, -0.2) is 42.4 Å². The molecule has 1 aromatic carbocycles. The molecule has 9 heteroatoms. The minimum Gasteiger partial charge on any atom is -0.342 e. The molecule has 7 nitrogen and oxygen atoms in total. The maximum absolute atomic E-state index is 11.4. The Morgan fingerprint density at radius 1 is 1.20 bits per heavy atom. The molecule has 3 rings (SSSR count). The monoisotopic (exact) mass is 379 g/mol. The molecule has 0 spiro atoms. The summed E-state index contributed by atoms with van der Waals surface area (Å²) in [6.45, 7) is 4.74. The van der Waals surface area contributed by atoms with Crippen LogP contribution in [0.1, 0.15) is 11.4 Å². The minimum absolute atomic E-state index is 0.00492. The summed E-state index contributed by atoms with van der Waals surface area (Å²) in [5.41, 5.74) is 3.33. The number of nitrogens with one attached hydrogen (secondary N) is 2. The van der Waals surface area contributed by atoms with E-state index in [1.165, 1.54) is 0 Å². The van der Waals surface area contributed by atoms with Crippen molar-refractivity contribution in [3.8, 4) is 0 Å². The summed E-state index contributed by atoms with van der Waals surface area (Å²) in [5, 5.41) is 3.37. The third kappa shape index (κ3) is 4.76. The van der Waals surface area contributed by atoms with Gasteiger partial charge in [0.05, 0.1) is 11.9 Å². The molecule has 1 fully saturated rings. The molecule has 1 aromatic heterocycles. The van der Waals surface area contributed by atoms with E-state index in [4.69, 9.17) is 0 Å². The number of aromatic nitrogens is 2. The van der Waals surface area contributed by atoms with Crippen molar-refractivity contribution in [1.29, 1.82) is 0 Å². The lowest BCUT2D eigenvalue weighted by Gasteiger charge is -2.27. The number of hydrogen-bond donors (Lipinski definition) is 2. The second-order valence-corrected chi connectivity index (χ2v) is 8.90. The summed E-state index contributed by atoms with van der Waals surface area (Å²) in [7, 11) is -3.30. The Morgan fingerprint density at radius 3 is 2.60 bits per heavy atom. The molecule has 1 aliphatic rings. The third-order valence-electron chi connectivity index (χ3n) is 3.61. The molecule has 134 valence electrons. The predicted molar refractivity (Wildman–Crippen MR) is 104 cm³/mol. The van der Waals surface area contributed by atoms with Gasteiger partial charge in [-0.1, -0.05) is 6.07 Å². The number of aryl methyl sites for hydroxylation is 2. The highest BCUT2D eigenvalue weighted by molar-refractivity contribution is 8.00. The van der Waals surface area contributed by atoms with Crippen molar-refractivity contribution in [3.63, 3.8) is 0 Å². The van der Waals surface area contributed by atoms with Gasteiger partial charge in [0.15, 0.2) is 5.50 Å². The molecule has 2 N–H and O–H groups in total. The molecule has 1 atom stereocenters. The van der Waals surface area contributed by atoms with Crippen LogP contribution in [0, 0.1) is 13.8 Å². The molecule has 1 aliphatic heterocycles. The largest absolute Gasteiger partial charge is 0.342 e. The number of hydrogen-bond acceptors (Lipinski definition) is 7. The minimum atomic E-state index is -3.30. The quantitative estimate of drug-likeness (QED) is 0.825. The maximum atomic E-state index is 11.4. The molecule has 2 heterocycles. The van der Waals surface area contributed by atoms with Crippen LogP contribution >= 0.6 is 11.8 Å². The maximum Gasteiger partial charge on any atom is 0.229 e. The van der Waals surface area contributed by atoms with Crippen molar-refractivity contribution >= 4 is 39.1 Å². The van der Waals surface area contributed by atoms with Crippen molar-refractivity contribution in [2.75, 3.05) is 33.5 Å². The Hall–Kier alpha value is -2.00.